The molecule has 0 spiro atoms. The molecule has 0 amide bonds. The van der Waals surface area contributed by atoms with Crippen LogP contribution in [-0.2, 0) is 6.54 Å². The van der Waals surface area contributed by atoms with Crippen LogP contribution in [0.3, 0.4) is 0 Å². The number of Topliss-reactive ketones (excluding diaryl/α,β-unsaturated/α-hetero) is 1. The third-order valence-corrected chi connectivity index (χ3v) is 5.74. The van der Waals surface area contributed by atoms with Gasteiger partial charge in [0, 0.05) is 23.4 Å². The predicted molar refractivity (Wildman–Crippen MR) is 111 cm³/mol. The molecule has 146 valence electrons. The Morgan fingerprint density at radius 3 is 2.85 bits per heavy atom. The molecule has 3 rings (SSSR count). The number of hydrogen-bond acceptors (Lipinski definition) is 5. The number of ketones is 1. The molecule has 1 unspecified atom stereocenters. The van der Waals surface area contributed by atoms with Crippen molar-refractivity contribution in [2.24, 2.45) is 5.92 Å². The predicted octanol–water partition coefficient (Wildman–Crippen LogP) is 5.15. The summed E-state index contributed by atoms with van der Waals surface area (Å²) in [6.07, 6.45) is 2.12. The highest BCUT2D eigenvalue weighted by atomic mass is 32.1. The van der Waals surface area contributed by atoms with Crippen molar-refractivity contribution in [3.8, 4) is 5.75 Å². The summed E-state index contributed by atoms with van der Waals surface area (Å²) in [5, 5.41) is 3.31. The fraction of sp³-hybridized carbons (Fsp3) is 0.545. The minimum Gasteiger partial charge on any atom is -0.491 e. The standard InChI is InChI=1S/C22H30N2O2S/c1-15(2)20-14-27-21(23-20)13-24-10-6-8-18(12-24)22(25)17-7-5-9-19(11-17)26-16(3)4/h5,7,9,11,14-16,18H,6,8,10,12-13H2,1-4H3. The number of ether oxygens (including phenoxy) is 1. The van der Waals surface area contributed by atoms with Crippen LogP contribution in [-0.4, -0.2) is 34.9 Å². The van der Waals surface area contributed by atoms with Gasteiger partial charge in [0.15, 0.2) is 5.78 Å². The van der Waals surface area contributed by atoms with Crippen molar-refractivity contribution in [1.29, 1.82) is 0 Å². The molecule has 1 atom stereocenters. The highest BCUT2D eigenvalue weighted by Gasteiger charge is 2.27. The number of hydrogen-bond donors (Lipinski definition) is 0. The molecule has 5 heteroatoms. The summed E-state index contributed by atoms with van der Waals surface area (Å²) in [6, 6.07) is 7.62. The molecule has 0 saturated carbocycles. The van der Waals surface area contributed by atoms with Gasteiger partial charge in [-0.3, -0.25) is 9.69 Å². The average molecular weight is 387 g/mol. The first-order chi connectivity index (χ1) is 12.9. The minimum atomic E-state index is 0.0533. The van der Waals surface area contributed by atoms with E-state index in [-0.39, 0.29) is 17.8 Å². The van der Waals surface area contributed by atoms with E-state index >= 15 is 0 Å². The zero-order chi connectivity index (χ0) is 19.4. The van der Waals surface area contributed by atoms with Crippen LogP contribution in [0.2, 0.25) is 0 Å². The van der Waals surface area contributed by atoms with Crippen LogP contribution in [0.4, 0.5) is 0 Å². The lowest BCUT2D eigenvalue weighted by Gasteiger charge is -2.31. The van der Waals surface area contributed by atoms with E-state index < -0.39 is 0 Å². The van der Waals surface area contributed by atoms with Gasteiger partial charge in [-0.15, -0.1) is 11.3 Å². The third-order valence-electron chi connectivity index (χ3n) is 4.89. The third kappa shape index (κ3) is 5.39. The first kappa shape index (κ1) is 20.0. The quantitative estimate of drug-likeness (QED) is 0.617. The molecular weight excluding hydrogens is 356 g/mol. The second-order valence-electron chi connectivity index (χ2n) is 7.95. The van der Waals surface area contributed by atoms with E-state index in [0.717, 1.165) is 48.8 Å². The van der Waals surface area contributed by atoms with E-state index in [1.807, 2.05) is 38.1 Å². The van der Waals surface area contributed by atoms with Crippen molar-refractivity contribution in [3.63, 3.8) is 0 Å². The summed E-state index contributed by atoms with van der Waals surface area (Å²) < 4.78 is 5.74. The molecule has 0 N–H and O–H groups in total. The van der Waals surface area contributed by atoms with Crippen molar-refractivity contribution in [3.05, 3.63) is 45.9 Å². The smallest absolute Gasteiger partial charge is 0.167 e. The van der Waals surface area contributed by atoms with Gasteiger partial charge in [0.1, 0.15) is 10.8 Å². The van der Waals surface area contributed by atoms with Gasteiger partial charge >= 0.3 is 0 Å². The van der Waals surface area contributed by atoms with E-state index in [4.69, 9.17) is 9.72 Å². The number of carbonyl (C=O) groups is 1. The lowest BCUT2D eigenvalue weighted by atomic mass is 9.90. The van der Waals surface area contributed by atoms with Gasteiger partial charge in [0.2, 0.25) is 0 Å². The molecule has 1 fully saturated rings. The molecule has 4 nitrogen and oxygen atoms in total. The van der Waals surface area contributed by atoms with Crippen LogP contribution in [0.5, 0.6) is 5.75 Å². The van der Waals surface area contributed by atoms with Gasteiger partial charge in [0.25, 0.3) is 0 Å². The van der Waals surface area contributed by atoms with E-state index in [9.17, 15) is 4.79 Å². The molecule has 0 radical (unpaired) electrons. The number of piperidine rings is 1. The fourth-order valence-corrected chi connectivity index (χ4v) is 4.49. The summed E-state index contributed by atoms with van der Waals surface area (Å²) in [4.78, 5) is 20.2. The highest BCUT2D eigenvalue weighted by molar-refractivity contribution is 7.09. The van der Waals surface area contributed by atoms with Crippen LogP contribution < -0.4 is 4.74 Å². The molecule has 1 aliphatic rings. The number of benzene rings is 1. The number of likely N-dealkylation sites (tertiary alicyclic amines) is 1. The Morgan fingerprint density at radius 1 is 1.33 bits per heavy atom. The van der Waals surface area contributed by atoms with Crippen LogP contribution >= 0.6 is 11.3 Å². The van der Waals surface area contributed by atoms with E-state index in [1.165, 1.54) is 5.69 Å². The van der Waals surface area contributed by atoms with Gasteiger partial charge in [-0.25, -0.2) is 4.98 Å². The van der Waals surface area contributed by atoms with E-state index in [2.05, 4.69) is 24.1 Å². The number of nitrogens with zero attached hydrogens (tertiary/aromatic N) is 2. The van der Waals surface area contributed by atoms with E-state index in [0.29, 0.717) is 5.92 Å². The monoisotopic (exact) mass is 386 g/mol. The van der Waals surface area contributed by atoms with Crippen LogP contribution in [0.1, 0.15) is 67.5 Å². The van der Waals surface area contributed by atoms with Crippen molar-refractivity contribution >= 4 is 17.1 Å². The maximum absolute atomic E-state index is 13.0. The minimum absolute atomic E-state index is 0.0533. The van der Waals surface area contributed by atoms with Gasteiger partial charge in [-0.2, -0.15) is 0 Å². The average Bonchev–Trinajstić information content (AvgIpc) is 3.10. The van der Waals surface area contributed by atoms with Crippen molar-refractivity contribution in [2.45, 2.75) is 59.1 Å². The second kappa shape index (κ2) is 8.98. The Bertz CT molecular complexity index is 769. The maximum atomic E-state index is 13.0. The summed E-state index contributed by atoms with van der Waals surface area (Å²) in [6.45, 7) is 11.0. The highest BCUT2D eigenvalue weighted by Crippen LogP contribution is 2.26. The van der Waals surface area contributed by atoms with Crippen LogP contribution in [0, 0.1) is 5.92 Å². The molecule has 1 aromatic carbocycles. The molecule has 0 bridgehead atoms. The Morgan fingerprint density at radius 2 is 2.15 bits per heavy atom. The first-order valence-electron chi connectivity index (χ1n) is 9.90. The molecule has 2 heterocycles. The fourth-order valence-electron chi connectivity index (χ4n) is 3.50. The molecule has 1 saturated heterocycles. The zero-order valence-corrected chi connectivity index (χ0v) is 17.6. The lowest BCUT2D eigenvalue weighted by Crippen LogP contribution is -2.38. The van der Waals surface area contributed by atoms with Gasteiger partial charge in [-0.05, 0) is 51.3 Å². The van der Waals surface area contributed by atoms with Crippen molar-refractivity contribution in [2.75, 3.05) is 13.1 Å². The molecular formula is C22H30N2O2S. The molecule has 2 aromatic rings. The topological polar surface area (TPSA) is 42.4 Å². The van der Waals surface area contributed by atoms with Gasteiger partial charge in [0.05, 0.1) is 18.3 Å². The van der Waals surface area contributed by atoms with Gasteiger partial charge < -0.3 is 4.74 Å². The Balaban J connectivity index is 1.64. The molecule has 1 aromatic heterocycles. The first-order valence-corrected chi connectivity index (χ1v) is 10.8. The SMILES string of the molecule is CC(C)Oc1cccc(C(=O)C2CCCN(Cc3nc(C(C)C)cs3)C2)c1. The number of thiazole rings is 1. The van der Waals surface area contributed by atoms with E-state index in [1.54, 1.807) is 11.3 Å². The molecule has 0 aliphatic carbocycles. The van der Waals surface area contributed by atoms with Crippen molar-refractivity contribution in [1.82, 2.24) is 9.88 Å². The van der Waals surface area contributed by atoms with Crippen molar-refractivity contribution < 1.29 is 9.53 Å². The maximum Gasteiger partial charge on any atom is 0.167 e. The zero-order valence-electron chi connectivity index (χ0n) is 16.8. The summed E-state index contributed by atoms with van der Waals surface area (Å²) in [5.74, 6) is 1.52. The summed E-state index contributed by atoms with van der Waals surface area (Å²) in [5.41, 5.74) is 1.93. The Hall–Kier alpha value is -1.72. The second-order valence-corrected chi connectivity index (χ2v) is 8.90. The van der Waals surface area contributed by atoms with Gasteiger partial charge in [-0.1, -0.05) is 26.0 Å². The number of rotatable bonds is 7. The van der Waals surface area contributed by atoms with Crippen LogP contribution in [0.15, 0.2) is 29.6 Å². The number of carbonyl (C=O) groups excluding carboxylic acids is 1. The Kier molecular flexibility index (Phi) is 6.66. The normalized spacial score (nSPS) is 18.2. The largest absolute Gasteiger partial charge is 0.491 e. The van der Waals surface area contributed by atoms with Crippen LogP contribution in [0.25, 0.3) is 0 Å². The summed E-state index contributed by atoms with van der Waals surface area (Å²) in [7, 11) is 0. The Labute approximate surface area is 166 Å². The molecule has 27 heavy (non-hydrogen) atoms. The summed E-state index contributed by atoms with van der Waals surface area (Å²) >= 11 is 1.73. The molecule has 1 aliphatic heterocycles. The lowest BCUT2D eigenvalue weighted by molar-refractivity contribution is 0.0810. The number of aromatic nitrogens is 1.